The van der Waals surface area contributed by atoms with Crippen LogP contribution >= 0.6 is 0 Å². The molecule has 0 unspecified atom stereocenters. The van der Waals surface area contributed by atoms with E-state index >= 15 is 0 Å². The van der Waals surface area contributed by atoms with E-state index in [-0.39, 0.29) is 18.1 Å². The Kier molecular flexibility index (Phi) is 10.7. The molecule has 6 rings (SSSR count). The van der Waals surface area contributed by atoms with Crippen LogP contribution in [0.25, 0.3) is 0 Å². The maximum absolute atomic E-state index is 13.1. The first-order valence-corrected chi connectivity index (χ1v) is 16.4. The average molecular weight is 631 g/mol. The lowest BCUT2D eigenvalue weighted by Crippen LogP contribution is -2.44. The van der Waals surface area contributed by atoms with Crippen LogP contribution in [0.4, 0.5) is 0 Å². The van der Waals surface area contributed by atoms with Gasteiger partial charge in [-0.05, 0) is 104 Å². The maximum atomic E-state index is 13.1. The summed E-state index contributed by atoms with van der Waals surface area (Å²) in [6.07, 6.45) is 3.87. The zero-order valence-electron chi connectivity index (χ0n) is 26.9. The minimum atomic E-state index is -0.0350. The van der Waals surface area contributed by atoms with Gasteiger partial charge < -0.3 is 19.5 Å². The second-order valence-corrected chi connectivity index (χ2v) is 12.4. The Morgan fingerprint density at radius 1 is 0.745 bits per heavy atom. The molecule has 2 fully saturated rings. The van der Waals surface area contributed by atoms with E-state index in [1.807, 2.05) is 48.5 Å². The molecule has 2 heterocycles. The summed E-state index contributed by atoms with van der Waals surface area (Å²) < 4.78 is 17.5. The zero-order chi connectivity index (χ0) is 32.4. The minimum absolute atomic E-state index is 0.0350. The topological polar surface area (TPSA) is 87.1 Å². The van der Waals surface area contributed by atoms with Crippen LogP contribution in [0.1, 0.15) is 52.7 Å². The van der Waals surface area contributed by atoms with Gasteiger partial charge in [-0.25, -0.2) is 0 Å². The van der Waals surface area contributed by atoms with E-state index in [2.05, 4.69) is 45.5 Å². The highest BCUT2D eigenvalue weighted by Crippen LogP contribution is 2.25. The number of nitriles is 1. The molecule has 4 aromatic carbocycles. The summed E-state index contributed by atoms with van der Waals surface area (Å²) in [5.41, 5.74) is 3.77. The molecular weight excluding hydrogens is 588 g/mol. The fraction of sp³-hybridized carbons (Fsp3) is 0.333. The van der Waals surface area contributed by atoms with Gasteiger partial charge in [0.2, 0.25) is 0 Å². The van der Waals surface area contributed by atoms with E-state index in [1.54, 1.807) is 31.4 Å². The lowest BCUT2D eigenvalue weighted by molar-refractivity contribution is 0.0900. The van der Waals surface area contributed by atoms with Crippen molar-refractivity contribution >= 4 is 5.91 Å². The fourth-order valence-electron chi connectivity index (χ4n) is 6.24. The quantitative estimate of drug-likeness (QED) is 0.195. The molecule has 0 saturated carbocycles. The molecule has 2 aliphatic rings. The van der Waals surface area contributed by atoms with Crippen molar-refractivity contribution in [3.05, 3.63) is 119 Å². The second kappa shape index (κ2) is 15.6. The van der Waals surface area contributed by atoms with Gasteiger partial charge in [-0.3, -0.25) is 14.6 Å². The van der Waals surface area contributed by atoms with E-state index in [0.29, 0.717) is 16.9 Å². The van der Waals surface area contributed by atoms with Crippen LogP contribution < -0.4 is 19.5 Å². The predicted octanol–water partition coefficient (Wildman–Crippen LogP) is 6.80. The van der Waals surface area contributed by atoms with Crippen LogP contribution in [0.3, 0.4) is 0 Å². The van der Waals surface area contributed by atoms with Gasteiger partial charge in [0, 0.05) is 50.9 Å². The van der Waals surface area contributed by atoms with Gasteiger partial charge in [0.05, 0.1) is 18.7 Å². The molecule has 0 bridgehead atoms. The molecule has 47 heavy (non-hydrogen) atoms. The van der Waals surface area contributed by atoms with Gasteiger partial charge in [-0.2, -0.15) is 5.26 Å². The fourth-order valence-corrected chi connectivity index (χ4v) is 6.24. The monoisotopic (exact) mass is 630 g/mol. The Labute approximate surface area is 277 Å². The van der Waals surface area contributed by atoms with Crippen LogP contribution in [-0.2, 0) is 13.1 Å². The SMILES string of the molecule is COc1ccc(CN2CCC(NC(=O)c3cccc(OC4CCN(Cc5ccc(Oc6ccc(C#N)cc6)cc5)CC4)c3)CC2)cc1. The van der Waals surface area contributed by atoms with Crippen molar-refractivity contribution in [3.8, 4) is 29.1 Å². The van der Waals surface area contributed by atoms with E-state index in [0.717, 1.165) is 82.2 Å². The number of hydrogen-bond donors (Lipinski definition) is 1. The summed E-state index contributed by atoms with van der Waals surface area (Å²) in [7, 11) is 1.68. The third kappa shape index (κ3) is 9.13. The van der Waals surface area contributed by atoms with Crippen LogP contribution in [-0.4, -0.2) is 61.1 Å². The second-order valence-electron chi connectivity index (χ2n) is 12.4. The molecule has 0 spiro atoms. The number of carbonyl (C=O) groups excluding carboxylic acids is 1. The first-order chi connectivity index (χ1) is 23.0. The molecule has 8 heteroatoms. The van der Waals surface area contributed by atoms with Crippen molar-refractivity contribution < 1.29 is 19.0 Å². The van der Waals surface area contributed by atoms with Crippen LogP contribution in [0, 0.1) is 11.3 Å². The predicted molar refractivity (Wildman–Crippen MR) is 182 cm³/mol. The molecule has 8 nitrogen and oxygen atoms in total. The van der Waals surface area contributed by atoms with E-state index < -0.39 is 0 Å². The maximum Gasteiger partial charge on any atom is 0.251 e. The van der Waals surface area contributed by atoms with Gasteiger partial charge in [-0.1, -0.05) is 30.3 Å². The summed E-state index contributed by atoms with van der Waals surface area (Å²) in [4.78, 5) is 18.0. The van der Waals surface area contributed by atoms with Gasteiger partial charge in [0.15, 0.2) is 0 Å². The molecule has 1 amide bonds. The number of likely N-dealkylation sites (tertiary alicyclic amines) is 2. The number of benzene rings is 4. The third-order valence-corrected chi connectivity index (χ3v) is 8.97. The van der Waals surface area contributed by atoms with E-state index in [9.17, 15) is 4.79 Å². The number of nitrogens with one attached hydrogen (secondary N) is 1. The molecule has 4 aromatic rings. The van der Waals surface area contributed by atoms with Crippen LogP contribution in [0.5, 0.6) is 23.0 Å². The number of rotatable bonds is 11. The minimum Gasteiger partial charge on any atom is -0.497 e. The smallest absolute Gasteiger partial charge is 0.251 e. The molecule has 2 aliphatic heterocycles. The lowest BCUT2D eigenvalue weighted by atomic mass is 10.0. The summed E-state index contributed by atoms with van der Waals surface area (Å²) >= 11 is 0. The van der Waals surface area contributed by atoms with Crippen LogP contribution in [0.2, 0.25) is 0 Å². The molecule has 0 atom stereocenters. The van der Waals surface area contributed by atoms with Gasteiger partial charge in [-0.15, -0.1) is 0 Å². The largest absolute Gasteiger partial charge is 0.497 e. The summed E-state index contributed by atoms with van der Waals surface area (Å²) in [5, 5.41) is 12.2. The number of amides is 1. The van der Waals surface area contributed by atoms with E-state index in [1.165, 1.54) is 11.1 Å². The number of ether oxygens (including phenoxy) is 3. The Morgan fingerprint density at radius 3 is 1.87 bits per heavy atom. The molecule has 0 radical (unpaired) electrons. The number of nitrogens with zero attached hydrogens (tertiary/aromatic N) is 3. The Hall–Kier alpha value is -4.84. The standard InChI is InChI=1S/C39H42N4O4/c1-45-34-11-7-30(8-12-34)27-42-21-17-33(18-22-42)41-39(44)32-3-2-4-38(25-32)47-37-19-23-43(24-20-37)28-31-9-15-36(16-10-31)46-35-13-5-29(26-40)6-14-35/h2-16,25,33,37H,17-24,27-28H2,1H3,(H,41,44). The molecular formula is C39H42N4O4. The van der Waals surface area contributed by atoms with Crippen molar-refractivity contribution in [3.63, 3.8) is 0 Å². The highest BCUT2D eigenvalue weighted by atomic mass is 16.5. The highest BCUT2D eigenvalue weighted by molar-refractivity contribution is 5.94. The Balaban J connectivity index is 0.912. The van der Waals surface area contributed by atoms with Crippen molar-refractivity contribution in [1.82, 2.24) is 15.1 Å². The molecule has 242 valence electrons. The zero-order valence-corrected chi connectivity index (χ0v) is 26.9. The van der Waals surface area contributed by atoms with Crippen molar-refractivity contribution in [2.24, 2.45) is 0 Å². The van der Waals surface area contributed by atoms with Crippen LogP contribution in [0.15, 0.2) is 97.1 Å². The molecule has 1 N–H and O–H groups in total. The van der Waals surface area contributed by atoms with Crippen molar-refractivity contribution in [1.29, 1.82) is 5.26 Å². The number of hydrogen-bond acceptors (Lipinski definition) is 7. The molecule has 2 saturated heterocycles. The average Bonchev–Trinajstić information content (AvgIpc) is 3.11. The first-order valence-electron chi connectivity index (χ1n) is 16.4. The number of carbonyl (C=O) groups is 1. The highest BCUT2D eigenvalue weighted by Gasteiger charge is 2.23. The molecule has 0 aromatic heterocycles. The van der Waals surface area contributed by atoms with Gasteiger partial charge >= 0.3 is 0 Å². The van der Waals surface area contributed by atoms with Gasteiger partial charge in [0.1, 0.15) is 29.1 Å². The first kappa shape index (κ1) is 32.1. The van der Waals surface area contributed by atoms with Crippen molar-refractivity contribution in [2.75, 3.05) is 33.3 Å². The third-order valence-electron chi connectivity index (χ3n) is 8.97. The lowest BCUT2D eigenvalue weighted by Gasteiger charge is -2.32. The number of methoxy groups -OCH3 is 1. The molecule has 0 aliphatic carbocycles. The summed E-state index contributed by atoms with van der Waals surface area (Å²) in [6, 6.07) is 33.4. The summed E-state index contributed by atoms with van der Waals surface area (Å²) in [6.45, 7) is 5.60. The number of piperidine rings is 2. The Morgan fingerprint density at radius 2 is 1.30 bits per heavy atom. The van der Waals surface area contributed by atoms with E-state index in [4.69, 9.17) is 19.5 Å². The summed E-state index contributed by atoms with van der Waals surface area (Å²) in [5.74, 6) is 3.07. The van der Waals surface area contributed by atoms with Crippen molar-refractivity contribution in [2.45, 2.75) is 50.9 Å². The normalized spacial score (nSPS) is 16.3. The van der Waals surface area contributed by atoms with Gasteiger partial charge in [0.25, 0.3) is 5.91 Å². The Bertz CT molecular complexity index is 1630.